The van der Waals surface area contributed by atoms with Crippen molar-refractivity contribution in [3.63, 3.8) is 0 Å². The maximum absolute atomic E-state index is 12.2. The highest BCUT2D eigenvalue weighted by molar-refractivity contribution is 5.68. The number of ether oxygens (including phenoxy) is 1. The van der Waals surface area contributed by atoms with Gasteiger partial charge in [0.15, 0.2) is 0 Å². The van der Waals surface area contributed by atoms with E-state index in [4.69, 9.17) is 4.74 Å². The molecule has 0 bridgehead atoms. The summed E-state index contributed by atoms with van der Waals surface area (Å²) in [5.41, 5.74) is 0.747. The van der Waals surface area contributed by atoms with Crippen LogP contribution in [0.25, 0.3) is 0 Å². The highest BCUT2D eigenvalue weighted by Crippen LogP contribution is 2.35. The van der Waals surface area contributed by atoms with Gasteiger partial charge in [-0.05, 0) is 37.7 Å². The minimum absolute atomic E-state index is 0.254. The minimum atomic E-state index is -0.334. The van der Waals surface area contributed by atoms with Gasteiger partial charge in [-0.3, -0.25) is 0 Å². The van der Waals surface area contributed by atoms with Crippen molar-refractivity contribution >= 4 is 6.09 Å². The monoisotopic (exact) mass is 301 g/mol. The summed E-state index contributed by atoms with van der Waals surface area (Å²) < 4.78 is 5.38. The lowest BCUT2D eigenvalue weighted by atomic mass is 9.74. The van der Waals surface area contributed by atoms with Crippen molar-refractivity contribution in [2.75, 3.05) is 0 Å². The van der Waals surface area contributed by atoms with Gasteiger partial charge in [0.25, 0.3) is 0 Å². The molecule has 22 heavy (non-hydrogen) atoms. The number of carbonyl (C=O) groups excluding carboxylic acids is 1. The molecule has 1 saturated carbocycles. The third-order valence-electron chi connectivity index (χ3n) is 4.67. The molecule has 1 amide bonds. The average Bonchev–Trinajstić information content (AvgIpc) is 2.55. The van der Waals surface area contributed by atoms with Crippen molar-refractivity contribution in [2.45, 2.75) is 57.6 Å². The van der Waals surface area contributed by atoms with Crippen molar-refractivity contribution in [3.05, 3.63) is 48.6 Å². The fraction of sp³-hybridized carbons (Fsp3) is 0.526. The molecule has 0 heterocycles. The topological polar surface area (TPSA) is 38.3 Å². The molecular weight excluding hydrogens is 274 g/mol. The fourth-order valence-electron chi connectivity index (χ4n) is 3.35. The van der Waals surface area contributed by atoms with Gasteiger partial charge < -0.3 is 10.1 Å². The van der Waals surface area contributed by atoms with Crippen LogP contribution in [-0.4, -0.2) is 11.6 Å². The van der Waals surface area contributed by atoms with E-state index in [0.717, 1.165) is 12.0 Å². The number of benzene rings is 1. The predicted molar refractivity (Wildman–Crippen MR) is 89.6 cm³/mol. The molecule has 1 fully saturated rings. The maximum Gasteiger partial charge on any atom is 0.407 e. The second-order valence-corrected chi connectivity index (χ2v) is 6.43. The van der Waals surface area contributed by atoms with Gasteiger partial charge in [-0.1, -0.05) is 55.7 Å². The Morgan fingerprint density at radius 3 is 2.64 bits per heavy atom. The van der Waals surface area contributed by atoms with Gasteiger partial charge >= 0.3 is 6.09 Å². The van der Waals surface area contributed by atoms with Crippen LogP contribution >= 0.6 is 0 Å². The predicted octanol–water partition coefficient (Wildman–Crippen LogP) is 4.83. The second-order valence-electron chi connectivity index (χ2n) is 6.43. The molecule has 3 heteroatoms. The van der Waals surface area contributed by atoms with E-state index in [0.29, 0.717) is 12.5 Å². The first-order valence-corrected chi connectivity index (χ1v) is 8.24. The van der Waals surface area contributed by atoms with E-state index in [1.54, 1.807) is 0 Å². The Balaban J connectivity index is 1.91. The number of carbonyl (C=O) groups is 1. The summed E-state index contributed by atoms with van der Waals surface area (Å²) in [6, 6.07) is 9.75. The largest absolute Gasteiger partial charge is 0.445 e. The van der Waals surface area contributed by atoms with Gasteiger partial charge in [0, 0.05) is 5.54 Å². The highest BCUT2D eigenvalue weighted by Gasteiger charge is 2.35. The van der Waals surface area contributed by atoms with E-state index in [9.17, 15) is 4.79 Å². The number of amides is 1. The molecule has 1 aliphatic carbocycles. The van der Waals surface area contributed by atoms with Gasteiger partial charge in [0.2, 0.25) is 0 Å². The Morgan fingerprint density at radius 2 is 2.00 bits per heavy atom. The standard InChI is InChI=1S/C19H27NO2/c1-3-14-19(2,17-12-8-5-9-13-17)20-18(21)22-15-16-10-6-4-7-11-16/h3-4,6-7,10-11,17H,1,5,8-9,12-15H2,2H3,(H,20,21)/t19-/m0/s1. The molecule has 0 aromatic heterocycles. The lowest BCUT2D eigenvalue weighted by Crippen LogP contribution is -2.51. The van der Waals surface area contributed by atoms with E-state index in [1.165, 1.54) is 32.1 Å². The summed E-state index contributed by atoms with van der Waals surface area (Å²) in [7, 11) is 0. The third kappa shape index (κ3) is 4.62. The minimum Gasteiger partial charge on any atom is -0.445 e. The van der Waals surface area contributed by atoms with Gasteiger partial charge in [-0.15, -0.1) is 6.58 Å². The number of alkyl carbamates (subject to hydrolysis) is 1. The average molecular weight is 301 g/mol. The van der Waals surface area contributed by atoms with Crippen LogP contribution in [0.15, 0.2) is 43.0 Å². The molecule has 0 unspecified atom stereocenters. The van der Waals surface area contributed by atoms with Crippen LogP contribution in [0.2, 0.25) is 0 Å². The third-order valence-corrected chi connectivity index (χ3v) is 4.67. The number of nitrogens with one attached hydrogen (secondary N) is 1. The molecule has 0 saturated heterocycles. The fourth-order valence-corrected chi connectivity index (χ4v) is 3.35. The first-order chi connectivity index (χ1) is 10.6. The van der Waals surface area contributed by atoms with Crippen molar-refractivity contribution in [3.8, 4) is 0 Å². The molecule has 0 spiro atoms. The molecule has 0 aliphatic heterocycles. The molecule has 1 atom stereocenters. The molecule has 1 aromatic carbocycles. The summed E-state index contributed by atoms with van der Waals surface area (Å²) in [5.74, 6) is 0.503. The van der Waals surface area contributed by atoms with E-state index < -0.39 is 0 Å². The van der Waals surface area contributed by atoms with E-state index >= 15 is 0 Å². The summed E-state index contributed by atoms with van der Waals surface area (Å²) in [6.45, 7) is 6.28. The first kappa shape index (κ1) is 16.6. The molecular formula is C19H27NO2. The molecule has 1 N–H and O–H groups in total. The van der Waals surface area contributed by atoms with E-state index in [2.05, 4.69) is 18.8 Å². The van der Waals surface area contributed by atoms with Crippen molar-refractivity contribution < 1.29 is 9.53 Å². The zero-order valence-corrected chi connectivity index (χ0v) is 13.5. The van der Waals surface area contributed by atoms with Crippen LogP contribution in [0, 0.1) is 5.92 Å². The van der Waals surface area contributed by atoms with Crippen LogP contribution in [-0.2, 0) is 11.3 Å². The Kier molecular flexibility index (Phi) is 6.05. The van der Waals surface area contributed by atoms with Gasteiger partial charge in [-0.25, -0.2) is 4.79 Å². The van der Waals surface area contributed by atoms with Crippen LogP contribution in [0.1, 0.15) is 51.0 Å². The summed E-state index contributed by atoms with van der Waals surface area (Å²) in [6.07, 6.45) is 8.48. The van der Waals surface area contributed by atoms with Crippen LogP contribution < -0.4 is 5.32 Å². The summed E-state index contributed by atoms with van der Waals surface area (Å²) in [4.78, 5) is 12.2. The van der Waals surface area contributed by atoms with Gasteiger partial charge in [-0.2, -0.15) is 0 Å². The molecule has 120 valence electrons. The Hall–Kier alpha value is -1.77. The molecule has 1 aromatic rings. The van der Waals surface area contributed by atoms with Crippen LogP contribution in [0.5, 0.6) is 0 Å². The van der Waals surface area contributed by atoms with Crippen LogP contribution in [0.3, 0.4) is 0 Å². The Bertz CT molecular complexity index is 479. The lowest BCUT2D eigenvalue weighted by Gasteiger charge is -2.39. The van der Waals surface area contributed by atoms with Crippen LogP contribution in [0.4, 0.5) is 4.79 Å². The highest BCUT2D eigenvalue weighted by atomic mass is 16.5. The lowest BCUT2D eigenvalue weighted by molar-refractivity contribution is 0.109. The number of hydrogen-bond acceptors (Lipinski definition) is 2. The van der Waals surface area contributed by atoms with Gasteiger partial charge in [0.05, 0.1) is 0 Å². The van der Waals surface area contributed by atoms with E-state index in [1.807, 2.05) is 36.4 Å². The SMILES string of the molecule is C=CC[C@](C)(NC(=O)OCc1ccccc1)C1CCCCC1. The molecule has 2 rings (SSSR count). The quantitative estimate of drug-likeness (QED) is 0.764. The molecule has 0 radical (unpaired) electrons. The Morgan fingerprint density at radius 1 is 1.32 bits per heavy atom. The van der Waals surface area contributed by atoms with E-state index in [-0.39, 0.29) is 11.6 Å². The second kappa shape index (κ2) is 8.02. The smallest absolute Gasteiger partial charge is 0.407 e. The molecule has 3 nitrogen and oxygen atoms in total. The van der Waals surface area contributed by atoms with Gasteiger partial charge in [0.1, 0.15) is 6.61 Å². The number of hydrogen-bond donors (Lipinski definition) is 1. The summed E-state index contributed by atoms with van der Waals surface area (Å²) >= 11 is 0. The zero-order chi connectivity index (χ0) is 15.8. The van der Waals surface area contributed by atoms with Crippen molar-refractivity contribution in [1.29, 1.82) is 0 Å². The normalized spacial score (nSPS) is 18.2. The maximum atomic E-state index is 12.2. The Labute approximate surface area is 133 Å². The van der Waals surface area contributed by atoms with Crippen molar-refractivity contribution in [1.82, 2.24) is 5.32 Å². The first-order valence-electron chi connectivity index (χ1n) is 8.24. The number of rotatable bonds is 6. The molecule has 1 aliphatic rings. The van der Waals surface area contributed by atoms with Crippen molar-refractivity contribution in [2.24, 2.45) is 5.92 Å². The zero-order valence-electron chi connectivity index (χ0n) is 13.5. The summed E-state index contributed by atoms with van der Waals surface area (Å²) in [5, 5.41) is 3.10.